The highest BCUT2D eigenvalue weighted by Gasteiger charge is 2.13. The Morgan fingerprint density at radius 3 is 2.46 bits per heavy atom. The number of halogens is 2. The number of carbonyl (C=O) groups is 2. The zero-order valence-electron chi connectivity index (χ0n) is 13.1. The van der Waals surface area contributed by atoms with E-state index < -0.39 is 23.4 Å². The maximum absolute atomic E-state index is 11.8. The second-order valence-corrected chi connectivity index (χ2v) is 6.20. The molecule has 0 saturated heterocycles. The first-order chi connectivity index (χ1) is 12.3. The maximum Gasteiger partial charge on any atom is 0.344 e. The average molecular weight is 444 g/mol. The van der Waals surface area contributed by atoms with Crippen LogP contribution in [0.3, 0.4) is 0 Å². The van der Waals surface area contributed by atoms with Gasteiger partial charge in [-0.2, -0.15) is 0 Å². The molecule has 10 heteroatoms. The molecule has 0 radical (unpaired) electrons. The standard InChI is InChI=1S/C16H12BrClN2O6/c17-10-1-4-12(5-2-10)25-9-16(22)26-8-15(21)19-14-6-3-11(20(23)24)7-13(14)18/h1-7H,8-9H2,(H,19,21). The van der Waals surface area contributed by atoms with Crippen molar-refractivity contribution in [3.05, 3.63) is 62.1 Å². The van der Waals surface area contributed by atoms with Crippen molar-refractivity contribution in [1.82, 2.24) is 0 Å². The van der Waals surface area contributed by atoms with Gasteiger partial charge in [-0.25, -0.2) is 4.79 Å². The monoisotopic (exact) mass is 442 g/mol. The van der Waals surface area contributed by atoms with Crippen LogP contribution in [-0.4, -0.2) is 30.0 Å². The van der Waals surface area contributed by atoms with Gasteiger partial charge in [-0.1, -0.05) is 27.5 Å². The number of carbonyl (C=O) groups excluding carboxylic acids is 2. The SMILES string of the molecule is O=C(COC(=O)COc1ccc(Br)cc1)Nc1ccc([N+](=O)[O-])cc1Cl. The molecule has 8 nitrogen and oxygen atoms in total. The summed E-state index contributed by atoms with van der Waals surface area (Å²) in [6.07, 6.45) is 0. The number of amides is 1. The Labute approximate surface area is 161 Å². The highest BCUT2D eigenvalue weighted by atomic mass is 79.9. The van der Waals surface area contributed by atoms with Gasteiger partial charge in [0.25, 0.3) is 11.6 Å². The number of nitrogens with zero attached hydrogens (tertiary/aromatic N) is 1. The van der Waals surface area contributed by atoms with E-state index in [1.165, 1.54) is 12.1 Å². The largest absolute Gasteiger partial charge is 0.482 e. The molecule has 1 amide bonds. The molecule has 26 heavy (non-hydrogen) atoms. The number of benzene rings is 2. The molecule has 0 aliphatic carbocycles. The van der Waals surface area contributed by atoms with Crippen LogP contribution < -0.4 is 10.1 Å². The number of rotatable bonds is 7. The van der Waals surface area contributed by atoms with Gasteiger partial charge in [0, 0.05) is 16.6 Å². The van der Waals surface area contributed by atoms with E-state index in [1.54, 1.807) is 24.3 Å². The molecule has 2 rings (SSSR count). The fraction of sp³-hybridized carbons (Fsp3) is 0.125. The third-order valence-corrected chi connectivity index (χ3v) is 3.81. The molecule has 1 N–H and O–H groups in total. The third-order valence-electron chi connectivity index (χ3n) is 2.97. The van der Waals surface area contributed by atoms with Crippen LogP contribution in [0.15, 0.2) is 46.9 Å². The smallest absolute Gasteiger partial charge is 0.344 e. The molecule has 2 aromatic rings. The van der Waals surface area contributed by atoms with Crippen molar-refractivity contribution >= 4 is 50.8 Å². The lowest BCUT2D eigenvalue weighted by molar-refractivity contribution is -0.384. The van der Waals surface area contributed by atoms with Crippen LogP contribution in [-0.2, 0) is 14.3 Å². The quantitative estimate of drug-likeness (QED) is 0.398. The van der Waals surface area contributed by atoms with Crippen molar-refractivity contribution in [3.63, 3.8) is 0 Å². The summed E-state index contributed by atoms with van der Waals surface area (Å²) in [5.74, 6) is -0.886. The van der Waals surface area contributed by atoms with Crippen molar-refractivity contribution in [2.45, 2.75) is 0 Å². The Morgan fingerprint density at radius 1 is 1.15 bits per heavy atom. The van der Waals surface area contributed by atoms with Crippen LogP contribution in [0.25, 0.3) is 0 Å². The summed E-state index contributed by atoms with van der Waals surface area (Å²) in [7, 11) is 0. The fourth-order valence-electron chi connectivity index (χ4n) is 1.77. The molecule has 0 unspecified atom stereocenters. The van der Waals surface area contributed by atoms with Crippen molar-refractivity contribution in [1.29, 1.82) is 0 Å². The molecule has 0 aliphatic heterocycles. The zero-order chi connectivity index (χ0) is 19.1. The molecule has 136 valence electrons. The minimum atomic E-state index is -0.724. The number of hydrogen-bond acceptors (Lipinski definition) is 6. The van der Waals surface area contributed by atoms with Crippen molar-refractivity contribution in [2.24, 2.45) is 0 Å². The second-order valence-electron chi connectivity index (χ2n) is 4.87. The average Bonchev–Trinajstić information content (AvgIpc) is 2.61. The van der Waals surface area contributed by atoms with Crippen LogP contribution in [0.1, 0.15) is 0 Å². The third kappa shape index (κ3) is 6.01. The van der Waals surface area contributed by atoms with E-state index in [0.717, 1.165) is 10.5 Å². The van der Waals surface area contributed by atoms with E-state index in [1.807, 2.05) is 0 Å². The Kier molecular flexibility index (Phi) is 6.93. The number of non-ortho nitro benzene ring substituents is 1. The highest BCUT2D eigenvalue weighted by molar-refractivity contribution is 9.10. The molecular formula is C16H12BrClN2O6. The first-order valence-electron chi connectivity index (χ1n) is 7.13. The van der Waals surface area contributed by atoms with Crippen molar-refractivity contribution in [2.75, 3.05) is 18.5 Å². The van der Waals surface area contributed by atoms with Gasteiger partial charge in [0.2, 0.25) is 0 Å². The van der Waals surface area contributed by atoms with Crippen LogP contribution in [0, 0.1) is 10.1 Å². The van der Waals surface area contributed by atoms with Gasteiger partial charge in [0.15, 0.2) is 13.2 Å². The van der Waals surface area contributed by atoms with Gasteiger partial charge in [-0.3, -0.25) is 14.9 Å². The van der Waals surface area contributed by atoms with Gasteiger partial charge < -0.3 is 14.8 Å². The molecule has 0 atom stereocenters. The van der Waals surface area contributed by atoms with Gasteiger partial charge in [-0.05, 0) is 30.3 Å². The van der Waals surface area contributed by atoms with Crippen LogP contribution in [0.2, 0.25) is 5.02 Å². The molecule has 0 spiro atoms. The minimum Gasteiger partial charge on any atom is -0.482 e. The minimum absolute atomic E-state index is 0.00236. The van der Waals surface area contributed by atoms with Gasteiger partial charge in [0.1, 0.15) is 5.75 Å². The molecule has 0 fully saturated rings. The summed E-state index contributed by atoms with van der Waals surface area (Å²) in [6.45, 7) is -0.900. The number of hydrogen-bond donors (Lipinski definition) is 1. The molecular weight excluding hydrogens is 432 g/mol. The molecule has 0 aromatic heterocycles. The number of anilines is 1. The Bertz CT molecular complexity index is 828. The molecule has 0 saturated carbocycles. The Balaban J connectivity index is 1.78. The predicted molar refractivity (Wildman–Crippen MR) is 97.3 cm³/mol. The summed E-state index contributed by atoms with van der Waals surface area (Å²) >= 11 is 9.13. The fourth-order valence-corrected chi connectivity index (χ4v) is 2.25. The molecule has 0 bridgehead atoms. The van der Waals surface area contributed by atoms with Gasteiger partial charge >= 0.3 is 5.97 Å². The van der Waals surface area contributed by atoms with Crippen LogP contribution in [0.4, 0.5) is 11.4 Å². The number of ether oxygens (including phenoxy) is 2. The summed E-state index contributed by atoms with van der Waals surface area (Å²) < 4.78 is 10.9. The van der Waals surface area contributed by atoms with E-state index in [-0.39, 0.29) is 23.0 Å². The topological polar surface area (TPSA) is 108 Å². The number of nitrogens with one attached hydrogen (secondary N) is 1. The van der Waals surface area contributed by atoms with E-state index in [0.29, 0.717) is 5.75 Å². The normalized spacial score (nSPS) is 10.1. The highest BCUT2D eigenvalue weighted by Crippen LogP contribution is 2.26. The summed E-state index contributed by atoms with van der Waals surface area (Å²) in [5.41, 5.74) is -0.0334. The maximum atomic E-state index is 11.8. The van der Waals surface area contributed by atoms with E-state index >= 15 is 0 Å². The van der Waals surface area contributed by atoms with Crippen molar-refractivity contribution < 1.29 is 24.0 Å². The zero-order valence-corrected chi connectivity index (χ0v) is 15.5. The molecule has 0 aliphatic rings. The van der Waals surface area contributed by atoms with Gasteiger partial charge in [-0.15, -0.1) is 0 Å². The first-order valence-corrected chi connectivity index (χ1v) is 8.30. The van der Waals surface area contributed by atoms with E-state index in [2.05, 4.69) is 21.2 Å². The second kappa shape index (κ2) is 9.16. The van der Waals surface area contributed by atoms with Gasteiger partial charge in [0.05, 0.1) is 15.6 Å². The molecule has 2 aromatic carbocycles. The molecule has 0 heterocycles. The van der Waals surface area contributed by atoms with Crippen molar-refractivity contribution in [3.8, 4) is 5.75 Å². The van der Waals surface area contributed by atoms with E-state index in [4.69, 9.17) is 21.1 Å². The summed E-state index contributed by atoms with van der Waals surface area (Å²) in [6, 6.07) is 10.4. The first kappa shape index (κ1) is 19.7. The van der Waals surface area contributed by atoms with Crippen LogP contribution in [0.5, 0.6) is 5.75 Å². The number of nitro groups is 1. The lowest BCUT2D eigenvalue weighted by atomic mass is 10.3. The predicted octanol–water partition coefficient (Wildman–Crippen LogP) is 3.57. The lowest BCUT2D eigenvalue weighted by Crippen LogP contribution is -2.23. The number of esters is 1. The summed E-state index contributed by atoms with van der Waals surface area (Å²) in [5, 5.41) is 13.0. The van der Waals surface area contributed by atoms with E-state index in [9.17, 15) is 19.7 Å². The summed E-state index contributed by atoms with van der Waals surface area (Å²) in [4.78, 5) is 33.4. The Morgan fingerprint density at radius 2 is 1.85 bits per heavy atom. The Hall–Kier alpha value is -2.65. The van der Waals surface area contributed by atoms with Crippen LogP contribution >= 0.6 is 27.5 Å². The lowest BCUT2D eigenvalue weighted by Gasteiger charge is -2.09. The number of nitro benzene ring substituents is 1.